The Hall–Kier alpha value is -1.49. The van der Waals surface area contributed by atoms with E-state index >= 15 is 0 Å². The SMILES string of the molecule is Cc1cccc(C)c1NC(=O)CNC(=O)[C@H](C)SC1CCCC1. The number of carbonyl (C=O) groups excluding carboxylic acids is 2. The molecule has 2 amide bonds. The maximum Gasteiger partial charge on any atom is 0.243 e. The van der Waals surface area contributed by atoms with Crippen LogP contribution in [0.2, 0.25) is 0 Å². The third-order valence-corrected chi connectivity index (χ3v) is 5.72. The average molecular weight is 334 g/mol. The first-order valence-electron chi connectivity index (χ1n) is 8.26. The number of rotatable bonds is 6. The van der Waals surface area contributed by atoms with E-state index in [4.69, 9.17) is 0 Å². The van der Waals surface area contributed by atoms with Gasteiger partial charge in [-0.2, -0.15) is 0 Å². The summed E-state index contributed by atoms with van der Waals surface area (Å²) in [6, 6.07) is 5.88. The lowest BCUT2D eigenvalue weighted by Gasteiger charge is -2.16. The minimum absolute atomic E-state index is 0.0160. The maximum absolute atomic E-state index is 12.1. The van der Waals surface area contributed by atoms with Crippen molar-refractivity contribution in [3.63, 3.8) is 0 Å². The van der Waals surface area contributed by atoms with E-state index < -0.39 is 0 Å². The number of para-hydroxylation sites is 1. The van der Waals surface area contributed by atoms with Crippen LogP contribution in [0.3, 0.4) is 0 Å². The van der Waals surface area contributed by atoms with Crippen molar-refractivity contribution in [1.29, 1.82) is 0 Å². The highest BCUT2D eigenvalue weighted by molar-refractivity contribution is 8.01. The zero-order valence-corrected chi connectivity index (χ0v) is 15.0. The molecule has 1 aromatic carbocycles. The van der Waals surface area contributed by atoms with E-state index in [1.165, 1.54) is 25.7 Å². The van der Waals surface area contributed by atoms with Crippen molar-refractivity contribution >= 4 is 29.3 Å². The third kappa shape index (κ3) is 5.27. The molecule has 1 aliphatic carbocycles. The summed E-state index contributed by atoms with van der Waals surface area (Å²) < 4.78 is 0. The molecule has 126 valence electrons. The van der Waals surface area contributed by atoms with Gasteiger partial charge in [0.05, 0.1) is 11.8 Å². The fraction of sp³-hybridized carbons (Fsp3) is 0.556. The highest BCUT2D eigenvalue weighted by Gasteiger charge is 2.22. The second-order valence-corrected chi connectivity index (χ2v) is 7.86. The molecule has 23 heavy (non-hydrogen) atoms. The van der Waals surface area contributed by atoms with Gasteiger partial charge in [-0.1, -0.05) is 31.0 Å². The first-order chi connectivity index (χ1) is 11.0. The molecular formula is C18H26N2O2S. The molecule has 1 saturated carbocycles. The molecule has 0 aliphatic heterocycles. The monoisotopic (exact) mass is 334 g/mol. The molecule has 0 saturated heterocycles. The Balaban J connectivity index is 1.78. The van der Waals surface area contributed by atoms with Gasteiger partial charge >= 0.3 is 0 Å². The number of hydrogen-bond acceptors (Lipinski definition) is 3. The van der Waals surface area contributed by atoms with E-state index in [2.05, 4.69) is 10.6 Å². The Morgan fingerprint density at radius 3 is 2.43 bits per heavy atom. The van der Waals surface area contributed by atoms with Crippen LogP contribution in [0.4, 0.5) is 5.69 Å². The molecule has 0 radical (unpaired) electrons. The molecule has 0 aromatic heterocycles. The summed E-state index contributed by atoms with van der Waals surface area (Å²) in [5.41, 5.74) is 2.88. The van der Waals surface area contributed by atoms with Crippen molar-refractivity contribution in [2.75, 3.05) is 11.9 Å². The van der Waals surface area contributed by atoms with Crippen LogP contribution in [0.1, 0.15) is 43.7 Å². The van der Waals surface area contributed by atoms with Crippen molar-refractivity contribution in [1.82, 2.24) is 5.32 Å². The van der Waals surface area contributed by atoms with Crippen LogP contribution in [0.25, 0.3) is 0 Å². The Morgan fingerprint density at radius 2 is 1.83 bits per heavy atom. The summed E-state index contributed by atoms with van der Waals surface area (Å²) in [5, 5.41) is 6.12. The summed E-state index contributed by atoms with van der Waals surface area (Å²) in [6.07, 6.45) is 4.94. The molecule has 1 aromatic rings. The number of carbonyl (C=O) groups is 2. The number of amides is 2. The van der Waals surface area contributed by atoms with E-state index in [1.54, 1.807) is 11.8 Å². The van der Waals surface area contributed by atoms with Crippen LogP contribution in [-0.4, -0.2) is 28.9 Å². The molecule has 2 rings (SSSR count). The Morgan fingerprint density at radius 1 is 1.22 bits per heavy atom. The highest BCUT2D eigenvalue weighted by atomic mass is 32.2. The highest BCUT2D eigenvalue weighted by Crippen LogP contribution is 2.32. The summed E-state index contributed by atoms with van der Waals surface area (Å²) in [7, 11) is 0. The Kier molecular flexibility index (Phi) is 6.51. The molecule has 4 nitrogen and oxygen atoms in total. The Bertz CT molecular complexity index is 548. The fourth-order valence-corrected chi connectivity index (χ4v) is 4.27. The minimum Gasteiger partial charge on any atom is -0.346 e. The zero-order chi connectivity index (χ0) is 16.8. The van der Waals surface area contributed by atoms with Crippen molar-refractivity contribution in [2.45, 2.75) is 57.0 Å². The van der Waals surface area contributed by atoms with Gasteiger partial charge in [-0.3, -0.25) is 9.59 Å². The number of thioether (sulfide) groups is 1. The fourth-order valence-electron chi connectivity index (χ4n) is 2.88. The lowest BCUT2D eigenvalue weighted by atomic mass is 10.1. The lowest BCUT2D eigenvalue weighted by molar-refractivity contribution is -0.123. The van der Waals surface area contributed by atoms with Gasteiger partial charge in [-0.05, 0) is 44.7 Å². The number of hydrogen-bond donors (Lipinski definition) is 2. The summed E-state index contributed by atoms with van der Waals surface area (Å²) in [6.45, 7) is 5.85. The van der Waals surface area contributed by atoms with E-state index in [-0.39, 0.29) is 23.6 Å². The molecule has 0 bridgehead atoms. The van der Waals surface area contributed by atoms with Gasteiger partial charge in [0.2, 0.25) is 11.8 Å². The lowest BCUT2D eigenvalue weighted by Crippen LogP contribution is -2.37. The van der Waals surface area contributed by atoms with Crippen molar-refractivity contribution < 1.29 is 9.59 Å². The van der Waals surface area contributed by atoms with Crippen molar-refractivity contribution in [3.05, 3.63) is 29.3 Å². The van der Waals surface area contributed by atoms with Gasteiger partial charge in [0.1, 0.15) is 0 Å². The molecule has 5 heteroatoms. The van der Waals surface area contributed by atoms with E-state index in [0.717, 1.165) is 16.8 Å². The standard InChI is InChI=1S/C18H26N2O2S/c1-12-7-6-8-13(2)17(12)20-16(21)11-19-18(22)14(3)23-15-9-4-5-10-15/h6-8,14-15H,4-5,9-11H2,1-3H3,(H,19,22)(H,20,21)/t14-/m0/s1. The molecule has 1 atom stereocenters. The number of nitrogens with one attached hydrogen (secondary N) is 2. The number of benzene rings is 1. The van der Waals surface area contributed by atoms with E-state index in [1.807, 2.05) is 39.0 Å². The van der Waals surface area contributed by atoms with Crippen LogP contribution >= 0.6 is 11.8 Å². The van der Waals surface area contributed by atoms with E-state index in [0.29, 0.717) is 5.25 Å². The van der Waals surface area contributed by atoms with Gasteiger partial charge < -0.3 is 10.6 Å². The van der Waals surface area contributed by atoms with E-state index in [9.17, 15) is 9.59 Å². The largest absolute Gasteiger partial charge is 0.346 e. The topological polar surface area (TPSA) is 58.2 Å². The van der Waals surface area contributed by atoms with Crippen LogP contribution < -0.4 is 10.6 Å². The normalized spacial score (nSPS) is 16.1. The van der Waals surface area contributed by atoms with Crippen LogP contribution in [0.5, 0.6) is 0 Å². The van der Waals surface area contributed by atoms with Gasteiger partial charge in [0.15, 0.2) is 0 Å². The van der Waals surface area contributed by atoms with Crippen molar-refractivity contribution in [3.8, 4) is 0 Å². The smallest absolute Gasteiger partial charge is 0.243 e. The number of anilines is 1. The molecule has 0 spiro atoms. The van der Waals surface area contributed by atoms with Gasteiger partial charge in [0, 0.05) is 10.9 Å². The van der Waals surface area contributed by atoms with Crippen LogP contribution in [0, 0.1) is 13.8 Å². The molecule has 1 fully saturated rings. The average Bonchev–Trinajstić information content (AvgIpc) is 3.01. The van der Waals surface area contributed by atoms with Gasteiger partial charge in [0.25, 0.3) is 0 Å². The molecule has 0 heterocycles. The third-order valence-electron chi connectivity index (χ3n) is 4.24. The predicted molar refractivity (Wildman–Crippen MR) is 96.9 cm³/mol. The second kappa shape index (κ2) is 8.39. The van der Waals surface area contributed by atoms with Gasteiger partial charge in [-0.25, -0.2) is 0 Å². The first-order valence-corrected chi connectivity index (χ1v) is 9.21. The quantitative estimate of drug-likeness (QED) is 0.838. The summed E-state index contributed by atoms with van der Waals surface area (Å²) >= 11 is 1.73. The molecule has 2 N–H and O–H groups in total. The molecule has 0 unspecified atom stereocenters. The maximum atomic E-state index is 12.1. The van der Waals surface area contributed by atoms with Gasteiger partial charge in [-0.15, -0.1) is 11.8 Å². The first kappa shape index (κ1) is 17.9. The predicted octanol–water partition coefficient (Wildman–Crippen LogP) is 3.42. The summed E-state index contributed by atoms with van der Waals surface area (Å²) in [4.78, 5) is 24.2. The zero-order valence-electron chi connectivity index (χ0n) is 14.1. The van der Waals surface area contributed by atoms with Crippen LogP contribution in [0.15, 0.2) is 18.2 Å². The minimum atomic E-state index is -0.186. The number of aryl methyl sites for hydroxylation is 2. The van der Waals surface area contributed by atoms with Crippen LogP contribution in [-0.2, 0) is 9.59 Å². The molecule has 1 aliphatic rings. The van der Waals surface area contributed by atoms with Crippen molar-refractivity contribution in [2.24, 2.45) is 0 Å². The second-order valence-electron chi connectivity index (χ2n) is 6.22. The Labute approximate surface area is 142 Å². The summed E-state index contributed by atoms with van der Waals surface area (Å²) in [5.74, 6) is -0.243. The molecular weight excluding hydrogens is 308 g/mol.